The predicted molar refractivity (Wildman–Crippen MR) is 79.2 cm³/mol. The number of carbonyl (C=O) groups is 2. The molecule has 0 saturated heterocycles. The lowest BCUT2D eigenvalue weighted by Crippen LogP contribution is -2.13. The molecule has 1 heterocycles. The van der Waals surface area contributed by atoms with E-state index in [0.717, 1.165) is 4.90 Å². The van der Waals surface area contributed by atoms with Gasteiger partial charge in [0.05, 0.1) is 0 Å². The molecule has 0 N–H and O–H groups in total. The number of hydrogen-bond donors (Lipinski definition) is 0. The molecule has 6 heteroatoms. The van der Waals surface area contributed by atoms with E-state index in [2.05, 4.69) is 15.9 Å². The molecule has 104 valence electrons. The van der Waals surface area contributed by atoms with Crippen LogP contribution in [0.5, 0.6) is 0 Å². The normalized spacial score (nSPS) is 10.3. The van der Waals surface area contributed by atoms with E-state index in [1.165, 1.54) is 6.07 Å². The first kappa shape index (κ1) is 14.9. The molecule has 0 spiro atoms. The highest BCUT2D eigenvalue weighted by Crippen LogP contribution is 2.16. The van der Waals surface area contributed by atoms with Gasteiger partial charge in [-0.3, -0.25) is 4.79 Å². The summed E-state index contributed by atoms with van der Waals surface area (Å²) in [6.07, 6.45) is 1.96. The van der Waals surface area contributed by atoms with E-state index in [-0.39, 0.29) is 18.2 Å². The number of Topliss-reactive ketones (excluding diaryl/α,β-unsaturated/α-hetero) is 1. The molecule has 0 unspecified atom stereocenters. The Labute approximate surface area is 128 Å². The van der Waals surface area contributed by atoms with Gasteiger partial charge < -0.3 is 9.15 Å². The van der Waals surface area contributed by atoms with E-state index in [0.29, 0.717) is 10.2 Å². The molecule has 0 saturated carbocycles. The van der Waals surface area contributed by atoms with Crippen LogP contribution in [0.4, 0.5) is 0 Å². The molecule has 0 aliphatic rings. The summed E-state index contributed by atoms with van der Waals surface area (Å²) in [6.45, 7) is -0.310. The molecule has 0 fully saturated rings. The van der Waals surface area contributed by atoms with Gasteiger partial charge in [0.2, 0.25) is 5.76 Å². The number of halogens is 1. The molecule has 0 aliphatic carbocycles. The Balaban J connectivity index is 1.92. The van der Waals surface area contributed by atoms with Crippen molar-refractivity contribution in [2.24, 2.45) is 0 Å². The van der Waals surface area contributed by atoms with Gasteiger partial charge in [-0.05, 0) is 46.5 Å². The van der Waals surface area contributed by atoms with Crippen LogP contribution in [0.25, 0.3) is 0 Å². The molecular weight excluding hydrogens is 344 g/mol. The maximum absolute atomic E-state index is 11.9. The smallest absolute Gasteiger partial charge is 0.374 e. The molecule has 0 radical (unpaired) electrons. The van der Waals surface area contributed by atoms with Crippen molar-refractivity contribution in [3.63, 3.8) is 0 Å². The van der Waals surface area contributed by atoms with Gasteiger partial charge in [-0.15, -0.1) is 11.8 Å². The largest absolute Gasteiger partial charge is 0.451 e. The van der Waals surface area contributed by atoms with Gasteiger partial charge in [0.1, 0.15) is 0 Å². The molecule has 0 amide bonds. The molecule has 1 aromatic carbocycles. The second-order valence-corrected chi connectivity index (χ2v) is 5.49. The van der Waals surface area contributed by atoms with E-state index in [9.17, 15) is 9.59 Å². The van der Waals surface area contributed by atoms with Crippen molar-refractivity contribution < 1.29 is 18.7 Å². The van der Waals surface area contributed by atoms with Crippen molar-refractivity contribution in [1.82, 2.24) is 0 Å². The lowest BCUT2D eigenvalue weighted by molar-refractivity contribution is 0.0442. The topological polar surface area (TPSA) is 56.5 Å². The van der Waals surface area contributed by atoms with Gasteiger partial charge in [-0.1, -0.05) is 12.1 Å². The highest BCUT2D eigenvalue weighted by atomic mass is 79.9. The number of benzene rings is 1. The lowest BCUT2D eigenvalue weighted by Gasteiger charge is -2.03. The van der Waals surface area contributed by atoms with Crippen LogP contribution in [-0.2, 0) is 4.74 Å². The maximum atomic E-state index is 11.9. The highest BCUT2D eigenvalue weighted by molar-refractivity contribution is 9.10. The van der Waals surface area contributed by atoms with E-state index in [1.54, 1.807) is 30.0 Å². The first-order valence-electron chi connectivity index (χ1n) is 5.70. The third-order valence-corrected chi connectivity index (χ3v) is 3.69. The van der Waals surface area contributed by atoms with Gasteiger partial charge in [0, 0.05) is 10.5 Å². The van der Waals surface area contributed by atoms with Crippen LogP contribution in [0.3, 0.4) is 0 Å². The van der Waals surface area contributed by atoms with Crippen LogP contribution < -0.4 is 0 Å². The van der Waals surface area contributed by atoms with Crippen LogP contribution in [0.2, 0.25) is 0 Å². The molecular formula is C14H11BrO4S. The predicted octanol–water partition coefficient (Wildman–Crippen LogP) is 3.80. The lowest BCUT2D eigenvalue weighted by atomic mass is 10.1. The summed E-state index contributed by atoms with van der Waals surface area (Å²) in [6, 6.07) is 10.2. The quantitative estimate of drug-likeness (QED) is 0.464. The second-order valence-electron chi connectivity index (χ2n) is 3.83. The zero-order chi connectivity index (χ0) is 14.5. The Morgan fingerprint density at radius 2 is 1.90 bits per heavy atom. The van der Waals surface area contributed by atoms with Gasteiger partial charge >= 0.3 is 5.97 Å². The molecule has 1 aromatic heterocycles. The summed E-state index contributed by atoms with van der Waals surface area (Å²) in [5.41, 5.74) is 0.510. The SMILES string of the molecule is CSc1ccc(C(=O)COC(=O)c2ccc(Br)o2)cc1. The fourth-order valence-corrected chi connectivity index (χ4v) is 2.20. The van der Waals surface area contributed by atoms with Crippen molar-refractivity contribution in [2.45, 2.75) is 4.90 Å². The van der Waals surface area contributed by atoms with E-state index >= 15 is 0 Å². The van der Waals surface area contributed by atoms with Crippen LogP contribution >= 0.6 is 27.7 Å². The zero-order valence-corrected chi connectivity index (χ0v) is 13.0. The van der Waals surface area contributed by atoms with Crippen LogP contribution in [-0.4, -0.2) is 24.6 Å². The van der Waals surface area contributed by atoms with Crippen molar-refractivity contribution in [1.29, 1.82) is 0 Å². The monoisotopic (exact) mass is 354 g/mol. The second kappa shape index (κ2) is 6.76. The number of ether oxygens (including phenoxy) is 1. The molecule has 2 aromatic rings. The van der Waals surface area contributed by atoms with E-state index < -0.39 is 5.97 Å². The van der Waals surface area contributed by atoms with Gasteiger partial charge in [-0.2, -0.15) is 0 Å². The average molecular weight is 355 g/mol. The summed E-state index contributed by atoms with van der Waals surface area (Å²) in [7, 11) is 0. The number of ketones is 1. The molecule has 0 aliphatic heterocycles. The van der Waals surface area contributed by atoms with Gasteiger partial charge in [0.25, 0.3) is 0 Å². The van der Waals surface area contributed by atoms with E-state index in [1.807, 2.05) is 18.4 Å². The number of esters is 1. The minimum Gasteiger partial charge on any atom is -0.451 e. The highest BCUT2D eigenvalue weighted by Gasteiger charge is 2.14. The summed E-state index contributed by atoms with van der Waals surface area (Å²) < 4.78 is 10.4. The van der Waals surface area contributed by atoms with E-state index in [4.69, 9.17) is 9.15 Å². The summed E-state index contributed by atoms with van der Waals surface area (Å²) in [5, 5.41) is 0. The number of hydrogen-bond acceptors (Lipinski definition) is 5. The van der Waals surface area contributed by atoms with Crippen molar-refractivity contribution in [3.05, 3.63) is 52.4 Å². The zero-order valence-electron chi connectivity index (χ0n) is 10.6. The third-order valence-electron chi connectivity index (χ3n) is 2.52. The average Bonchev–Trinajstić information content (AvgIpc) is 2.91. The number of rotatable bonds is 5. The van der Waals surface area contributed by atoms with Gasteiger partial charge in [-0.25, -0.2) is 4.79 Å². The first-order valence-corrected chi connectivity index (χ1v) is 7.71. The van der Waals surface area contributed by atoms with Crippen LogP contribution in [0.15, 0.2) is 50.4 Å². The summed E-state index contributed by atoms with van der Waals surface area (Å²) in [5.74, 6) is -0.858. The molecule has 0 atom stereocenters. The fourth-order valence-electron chi connectivity index (χ4n) is 1.49. The Kier molecular flexibility index (Phi) is 5.03. The molecule has 4 nitrogen and oxygen atoms in total. The Morgan fingerprint density at radius 3 is 2.45 bits per heavy atom. The van der Waals surface area contributed by atoms with Crippen molar-refractivity contribution in [3.8, 4) is 0 Å². The minimum atomic E-state index is -0.662. The van der Waals surface area contributed by atoms with Crippen LogP contribution in [0, 0.1) is 0 Å². The van der Waals surface area contributed by atoms with Crippen molar-refractivity contribution in [2.75, 3.05) is 12.9 Å². The van der Waals surface area contributed by atoms with Gasteiger partial charge in [0.15, 0.2) is 17.1 Å². The minimum absolute atomic E-state index is 0.0578. The van der Waals surface area contributed by atoms with Crippen LogP contribution in [0.1, 0.15) is 20.9 Å². The number of carbonyl (C=O) groups excluding carboxylic acids is 2. The Hall–Kier alpha value is -1.53. The summed E-state index contributed by atoms with van der Waals surface area (Å²) in [4.78, 5) is 24.5. The first-order chi connectivity index (χ1) is 9.60. The number of thioether (sulfide) groups is 1. The molecule has 0 bridgehead atoms. The molecule has 20 heavy (non-hydrogen) atoms. The summed E-state index contributed by atoms with van der Waals surface area (Å²) >= 11 is 4.68. The fraction of sp³-hybridized carbons (Fsp3) is 0.143. The molecule has 2 rings (SSSR count). The maximum Gasteiger partial charge on any atom is 0.374 e. The van der Waals surface area contributed by atoms with Crippen molar-refractivity contribution >= 4 is 39.4 Å². The Bertz CT molecular complexity index is 618. The number of furan rings is 1. The Morgan fingerprint density at radius 1 is 1.20 bits per heavy atom. The standard InChI is InChI=1S/C14H11BrO4S/c1-20-10-4-2-9(3-5-10)11(16)8-18-14(17)12-6-7-13(15)19-12/h2-7H,8H2,1H3. The third kappa shape index (κ3) is 3.74.